The SMILES string of the molecule is Cc1c(C(=O)c2ccccc2Cl)c(O)n(C2CCCC2)c(=O)c1C#N. The van der Waals surface area contributed by atoms with Crippen molar-refractivity contribution in [1.29, 1.82) is 5.26 Å². The molecule has 0 unspecified atom stereocenters. The van der Waals surface area contributed by atoms with Crippen molar-refractivity contribution >= 4 is 17.4 Å². The number of benzene rings is 1. The summed E-state index contributed by atoms with van der Waals surface area (Å²) in [6, 6.07) is 8.20. The molecular formula is C19H17ClN2O3. The molecule has 1 saturated carbocycles. The Balaban J connectivity index is 2.28. The lowest BCUT2D eigenvalue weighted by Gasteiger charge is -2.20. The van der Waals surface area contributed by atoms with Gasteiger partial charge < -0.3 is 5.11 Å². The zero-order valence-corrected chi connectivity index (χ0v) is 14.5. The number of ketones is 1. The second kappa shape index (κ2) is 6.73. The van der Waals surface area contributed by atoms with Gasteiger partial charge in [0.1, 0.15) is 11.6 Å². The molecule has 0 aliphatic heterocycles. The number of nitriles is 1. The quantitative estimate of drug-likeness (QED) is 0.849. The van der Waals surface area contributed by atoms with E-state index in [1.54, 1.807) is 24.3 Å². The highest BCUT2D eigenvalue weighted by Gasteiger charge is 2.29. The van der Waals surface area contributed by atoms with Crippen LogP contribution in [0.4, 0.5) is 0 Å². The zero-order valence-electron chi connectivity index (χ0n) is 13.8. The average Bonchev–Trinajstić information content (AvgIpc) is 3.09. The third-order valence-electron chi connectivity index (χ3n) is 4.78. The number of nitrogens with zero attached hydrogens (tertiary/aromatic N) is 2. The molecule has 0 amide bonds. The first-order chi connectivity index (χ1) is 12.0. The lowest BCUT2D eigenvalue weighted by molar-refractivity contribution is 0.103. The normalized spacial score (nSPS) is 14.4. The van der Waals surface area contributed by atoms with Gasteiger partial charge in [0.2, 0.25) is 5.88 Å². The molecule has 1 heterocycles. The highest BCUT2D eigenvalue weighted by molar-refractivity contribution is 6.35. The summed E-state index contributed by atoms with van der Waals surface area (Å²) in [6.45, 7) is 1.50. The van der Waals surface area contributed by atoms with Crippen LogP contribution in [0.15, 0.2) is 29.1 Å². The second-order valence-electron chi connectivity index (χ2n) is 6.23. The number of carbonyl (C=O) groups is 1. The summed E-state index contributed by atoms with van der Waals surface area (Å²) in [7, 11) is 0. The van der Waals surface area contributed by atoms with Crippen molar-refractivity contribution in [3.8, 4) is 11.9 Å². The van der Waals surface area contributed by atoms with Crippen molar-refractivity contribution in [3.63, 3.8) is 0 Å². The van der Waals surface area contributed by atoms with Crippen molar-refractivity contribution in [2.45, 2.75) is 38.6 Å². The fraction of sp³-hybridized carbons (Fsp3) is 0.316. The van der Waals surface area contributed by atoms with E-state index >= 15 is 0 Å². The van der Waals surface area contributed by atoms with E-state index in [9.17, 15) is 20.0 Å². The Morgan fingerprint density at radius 1 is 1.32 bits per heavy atom. The molecule has 0 bridgehead atoms. The third-order valence-corrected chi connectivity index (χ3v) is 5.11. The van der Waals surface area contributed by atoms with Crippen molar-refractivity contribution in [2.75, 3.05) is 0 Å². The molecule has 128 valence electrons. The highest BCUT2D eigenvalue weighted by Crippen LogP contribution is 2.35. The molecule has 1 aromatic heterocycles. The number of aromatic nitrogens is 1. The summed E-state index contributed by atoms with van der Waals surface area (Å²) in [4.78, 5) is 25.6. The molecule has 1 aliphatic carbocycles. The molecule has 1 fully saturated rings. The molecule has 6 heteroatoms. The van der Waals surface area contributed by atoms with Crippen LogP contribution in [0.2, 0.25) is 5.02 Å². The van der Waals surface area contributed by atoms with Gasteiger partial charge in [-0.15, -0.1) is 0 Å². The van der Waals surface area contributed by atoms with Crippen molar-refractivity contribution in [2.24, 2.45) is 0 Å². The first kappa shape index (κ1) is 17.2. The van der Waals surface area contributed by atoms with Gasteiger partial charge in [-0.25, -0.2) is 0 Å². The summed E-state index contributed by atoms with van der Waals surface area (Å²) in [5, 5.41) is 20.4. The average molecular weight is 357 g/mol. The number of halogens is 1. The van der Waals surface area contributed by atoms with Gasteiger partial charge in [0.15, 0.2) is 5.78 Å². The van der Waals surface area contributed by atoms with Crippen LogP contribution >= 0.6 is 11.6 Å². The minimum Gasteiger partial charge on any atom is -0.494 e. The summed E-state index contributed by atoms with van der Waals surface area (Å²) < 4.78 is 1.21. The molecule has 1 aliphatic rings. The largest absolute Gasteiger partial charge is 0.494 e. The summed E-state index contributed by atoms with van der Waals surface area (Å²) in [5.41, 5.74) is -0.274. The Morgan fingerprint density at radius 2 is 1.96 bits per heavy atom. The van der Waals surface area contributed by atoms with Crippen molar-refractivity contribution in [3.05, 3.63) is 61.9 Å². The van der Waals surface area contributed by atoms with E-state index in [1.165, 1.54) is 11.5 Å². The van der Waals surface area contributed by atoms with E-state index < -0.39 is 11.3 Å². The number of carbonyl (C=O) groups excluding carboxylic acids is 1. The Kier molecular flexibility index (Phi) is 4.65. The van der Waals surface area contributed by atoms with E-state index in [1.807, 2.05) is 6.07 Å². The zero-order chi connectivity index (χ0) is 18.1. The Morgan fingerprint density at radius 3 is 2.56 bits per heavy atom. The number of pyridine rings is 1. The summed E-state index contributed by atoms with van der Waals surface area (Å²) >= 11 is 6.11. The summed E-state index contributed by atoms with van der Waals surface area (Å²) in [5.74, 6) is -0.873. The maximum Gasteiger partial charge on any atom is 0.271 e. The predicted molar refractivity (Wildman–Crippen MR) is 94.2 cm³/mol. The fourth-order valence-corrected chi connectivity index (χ4v) is 3.70. The molecule has 25 heavy (non-hydrogen) atoms. The smallest absolute Gasteiger partial charge is 0.271 e. The topological polar surface area (TPSA) is 83.1 Å². The lowest BCUT2D eigenvalue weighted by Crippen LogP contribution is -2.29. The molecule has 3 rings (SSSR count). The molecular weight excluding hydrogens is 340 g/mol. The molecule has 0 radical (unpaired) electrons. The minimum atomic E-state index is -0.542. The minimum absolute atomic E-state index is 0.0313. The van der Waals surface area contributed by atoms with E-state index in [-0.39, 0.29) is 39.2 Å². The number of aromatic hydroxyl groups is 1. The van der Waals surface area contributed by atoms with Crippen molar-refractivity contribution < 1.29 is 9.90 Å². The van der Waals surface area contributed by atoms with Gasteiger partial charge in [0, 0.05) is 11.6 Å². The van der Waals surface area contributed by atoms with Gasteiger partial charge >= 0.3 is 0 Å². The monoisotopic (exact) mass is 356 g/mol. The summed E-state index contributed by atoms with van der Waals surface area (Å²) in [6.07, 6.45) is 3.36. The number of hydrogen-bond donors (Lipinski definition) is 1. The molecule has 0 saturated heterocycles. The second-order valence-corrected chi connectivity index (χ2v) is 6.64. The van der Waals surface area contributed by atoms with Crippen LogP contribution in [-0.4, -0.2) is 15.5 Å². The van der Waals surface area contributed by atoms with E-state index in [0.29, 0.717) is 0 Å². The molecule has 2 aromatic rings. The molecule has 0 atom stereocenters. The van der Waals surface area contributed by atoms with E-state index in [2.05, 4.69) is 0 Å². The van der Waals surface area contributed by atoms with Gasteiger partial charge in [-0.3, -0.25) is 14.2 Å². The Bertz CT molecular complexity index is 950. The first-order valence-corrected chi connectivity index (χ1v) is 8.52. The predicted octanol–water partition coefficient (Wildman–Crippen LogP) is 3.73. The lowest BCUT2D eigenvalue weighted by atomic mass is 9.96. The Hall–Kier alpha value is -2.58. The van der Waals surface area contributed by atoms with Gasteiger partial charge in [-0.2, -0.15) is 5.26 Å². The Labute approximate surface area is 150 Å². The van der Waals surface area contributed by atoms with Crippen LogP contribution in [0.1, 0.15) is 58.8 Å². The molecule has 1 N–H and O–H groups in total. The maximum absolute atomic E-state index is 13.0. The fourth-order valence-electron chi connectivity index (χ4n) is 3.47. The van der Waals surface area contributed by atoms with Gasteiger partial charge in [0.25, 0.3) is 5.56 Å². The maximum atomic E-state index is 13.0. The number of rotatable bonds is 3. The van der Waals surface area contributed by atoms with E-state index in [4.69, 9.17) is 11.6 Å². The van der Waals surface area contributed by atoms with Crippen molar-refractivity contribution in [1.82, 2.24) is 4.57 Å². The molecule has 1 aromatic carbocycles. The van der Waals surface area contributed by atoms with Crippen LogP contribution < -0.4 is 5.56 Å². The van der Waals surface area contributed by atoms with Gasteiger partial charge in [-0.1, -0.05) is 36.6 Å². The highest BCUT2D eigenvalue weighted by atomic mass is 35.5. The van der Waals surface area contributed by atoms with Gasteiger partial charge in [-0.05, 0) is 37.5 Å². The van der Waals surface area contributed by atoms with Gasteiger partial charge in [0.05, 0.1) is 10.6 Å². The van der Waals surface area contributed by atoms with Crippen LogP contribution in [0.25, 0.3) is 0 Å². The first-order valence-electron chi connectivity index (χ1n) is 8.14. The third kappa shape index (κ3) is 2.83. The van der Waals surface area contributed by atoms with Crippen LogP contribution in [-0.2, 0) is 0 Å². The van der Waals surface area contributed by atoms with Crippen LogP contribution in [0.5, 0.6) is 5.88 Å². The van der Waals surface area contributed by atoms with Crippen LogP contribution in [0.3, 0.4) is 0 Å². The van der Waals surface area contributed by atoms with Crippen LogP contribution in [0, 0.1) is 18.3 Å². The standard InChI is InChI=1S/C19H17ClN2O3/c1-11-14(10-21)18(24)22(12-6-2-3-7-12)19(25)16(11)17(23)13-8-4-5-9-15(13)20/h4-5,8-9,12,25H,2-3,6-7H2,1H3. The molecule has 0 spiro atoms. The van der Waals surface area contributed by atoms with E-state index in [0.717, 1.165) is 25.7 Å². The number of hydrogen-bond acceptors (Lipinski definition) is 4. The molecule has 5 nitrogen and oxygen atoms in total.